The Labute approximate surface area is 295 Å². The summed E-state index contributed by atoms with van der Waals surface area (Å²) in [6.07, 6.45) is 1.76. The van der Waals surface area contributed by atoms with Crippen LogP contribution in [0.4, 0.5) is 5.13 Å². The van der Waals surface area contributed by atoms with Crippen LogP contribution in [0.5, 0.6) is 5.75 Å². The maximum atomic E-state index is 13.9. The largest absolute Gasteiger partial charge is 0.505 e. The molecule has 8 rings (SSSR count). The summed E-state index contributed by atoms with van der Waals surface area (Å²) < 4.78 is 8.37. The molecular weight excluding hydrogens is 667 g/mol. The zero-order valence-corrected chi connectivity index (χ0v) is 28.4. The maximum Gasteiger partial charge on any atom is 0.301 e. The van der Waals surface area contributed by atoms with Crippen LogP contribution in [0.15, 0.2) is 131 Å². The van der Waals surface area contributed by atoms with Gasteiger partial charge in [0, 0.05) is 11.9 Å². The van der Waals surface area contributed by atoms with Gasteiger partial charge in [0.1, 0.15) is 23.7 Å². The van der Waals surface area contributed by atoms with E-state index in [4.69, 9.17) is 4.74 Å². The van der Waals surface area contributed by atoms with E-state index in [2.05, 4.69) is 39.4 Å². The molecule has 1 amide bonds. The van der Waals surface area contributed by atoms with Crippen molar-refractivity contribution in [2.24, 2.45) is 0 Å². The quantitative estimate of drug-likeness (QED) is 0.0530. The van der Waals surface area contributed by atoms with Gasteiger partial charge in [0.2, 0.25) is 5.13 Å². The fraction of sp³-hybridized carbons (Fsp3) is 0.103. The van der Waals surface area contributed by atoms with E-state index in [1.165, 1.54) is 28.0 Å². The van der Waals surface area contributed by atoms with Crippen molar-refractivity contribution in [3.63, 3.8) is 0 Å². The molecule has 1 aliphatic heterocycles. The minimum Gasteiger partial charge on any atom is -0.505 e. The summed E-state index contributed by atoms with van der Waals surface area (Å²) >= 11 is 2.75. The smallest absolute Gasteiger partial charge is 0.301 e. The van der Waals surface area contributed by atoms with Crippen LogP contribution in [-0.2, 0) is 21.9 Å². The number of carbonyl (C=O) groups excluding carboxylic acids is 2. The molecule has 0 radical (unpaired) electrons. The Morgan fingerprint density at radius 3 is 2.48 bits per heavy atom. The molecule has 246 valence electrons. The normalized spacial score (nSPS) is 15.7. The number of aromatic nitrogens is 4. The second kappa shape index (κ2) is 13.3. The predicted molar refractivity (Wildman–Crippen MR) is 195 cm³/mol. The van der Waals surface area contributed by atoms with Crippen LogP contribution >= 0.6 is 23.1 Å². The van der Waals surface area contributed by atoms with Gasteiger partial charge in [-0.2, -0.15) is 0 Å². The van der Waals surface area contributed by atoms with E-state index in [0.717, 1.165) is 21.9 Å². The lowest BCUT2D eigenvalue weighted by Gasteiger charge is -2.22. The highest BCUT2D eigenvalue weighted by molar-refractivity contribution is 8.00. The van der Waals surface area contributed by atoms with E-state index < -0.39 is 17.7 Å². The summed E-state index contributed by atoms with van der Waals surface area (Å²) in [5.74, 6) is -0.658. The van der Waals surface area contributed by atoms with Crippen molar-refractivity contribution in [3.8, 4) is 5.75 Å². The molecule has 11 heteroatoms. The lowest BCUT2D eigenvalue weighted by molar-refractivity contribution is -0.132. The number of nitrogens with zero attached hydrogens (tertiary/aromatic N) is 5. The van der Waals surface area contributed by atoms with Gasteiger partial charge in [0.25, 0.3) is 5.78 Å². The number of anilines is 1. The standard InChI is InChI=1S/C39H29N5O4S2/c1-24-33(43-21-8-7-16-31(43)40-24)35(45)32-34(27-17-19-29(20-18-27)48-22-25-10-3-2-4-11-25)44(37(47)36(32)46)38-41-42-39(50-38)49-23-28-14-9-13-26-12-5-6-15-30(26)28/h2-21,34,45H,22-23H2,1H3. The number of ether oxygens (including phenoxy) is 1. The average molecular weight is 696 g/mol. The van der Waals surface area contributed by atoms with Gasteiger partial charge in [0.05, 0.1) is 17.3 Å². The third kappa shape index (κ3) is 5.80. The number of pyridine rings is 1. The van der Waals surface area contributed by atoms with Gasteiger partial charge in [-0.05, 0) is 58.7 Å². The number of carbonyl (C=O) groups is 2. The van der Waals surface area contributed by atoms with Crippen LogP contribution in [-0.4, -0.2) is 36.4 Å². The molecule has 1 unspecified atom stereocenters. The van der Waals surface area contributed by atoms with Gasteiger partial charge in [-0.3, -0.25) is 18.9 Å². The molecule has 50 heavy (non-hydrogen) atoms. The van der Waals surface area contributed by atoms with Gasteiger partial charge in [0.15, 0.2) is 10.1 Å². The summed E-state index contributed by atoms with van der Waals surface area (Å²) in [6.45, 7) is 2.15. The minimum atomic E-state index is -0.976. The number of aliphatic hydroxyl groups is 1. The van der Waals surface area contributed by atoms with Crippen molar-refractivity contribution in [1.29, 1.82) is 0 Å². The first-order valence-corrected chi connectivity index (χ1v) is 17.7. The molecule has 0 spiro atoms. The number of hydrogen-bond acceptors (Lipinski definition) is 9. The van der Waals surface area contributed by atoms with E-state index in [9.17, 15) is 14.7 Å². The molecular formula is C39H29N5O4S2. The highest BCUT2D eigenvalue weighted by atomic mass is 32.2. The van der Waals surface area contributed by atoms with Crippen molar-refractivity contribution >= 4 is 62.1 Å². The Kier molecular flexibility index (Phi) is 8.35. The molecule has 1 fully saturated rings. The molecule has 1 saturated heterocycles. The third-order valence-electron chi connectivity index (χ3n) is 8.65. The van der Waals surface area contributed by atoms with E-state index in [1.54, 1.807) is 41.8 Å². The Hall–Kier alpha value is -5.78. The summed E-state index contributed by atoms with van der Waals surface area (Å²) in [5.41, 5.74) is 4.20. The molecule has 3 aromatic heterocycles. The van der Waals surface area contributed by atoms with Gasteiger partial charge >= 0.3 is 5.91 Å². The van der Waals surface area contributed by atoms with Gasteiger partial charge in [-0.1, -0.05) is 114 Å². The molecule has 1 aliphatic rings. The Bertz CT molecular complexity index is 2420. The first-order chi connectivity index (χ1) is 24.5. The lowest BCUT2D eigenvalue weighted by atomic mass is 9.96. The predicted octanol–water partition coefficient (Wildman–Crippen LogP) is 8.15. The monoisotopic (exact) mass is 695 g/mol. The first-order valence-electron chi connectivity index (χ1n) is 15.9. The second-order valence-corrected chi connectivity index (χ2v) is 13.9. The minimum absolute atomic E-state index is 0.0538. The van der Waals surface area contributed by atoms with E-state index in [0.29, 0.717) is 45.0 Å². The number of aryl methyl sites for hydroxylation is 1. The second-order valence-electron chi connectivity index (χ2n) is 11.8. The number of ketones is 1. The molecule has 1 N–H and O–H groups in total. The molecule has 1 atom stereocenters. The first kappa shape index (κ1) is 31.5. The molecule has 0 aliphatic carbocycles. The number of benzene rings is 4. The van der Waals surface area contributed by atoms with Gasteiger partial charge in [-0.15, -0.1) is 10.2 Å². The van der Waals surface area contributed by atoms with Crippen molar-refractivity contribution < 1.29 is 19.4 Å². The summed E-state index contributed by atoms with van der Waals surface area (Å²) in [5, 5.41) is 23.3. The van der Waals surface area contributed by atoms with Crippen LogP contribution < -0.4 is 9.64 Å². The van der Waals surface area contributed by atoms with Gasteiger partial charge < -0.3 is 9.84 Å². The van der Waals surface area contributed by atoms with Crippen molar-refractivity contribution in [3.05, 3.63) is 155 Å². The number of thioether (sulfide) groups is 1. The SMILES string of the molecule is Cc1nc2ccccn2c1C(O)=C1C(=O)C(=O)N(c2nnc(SCc3cccc4ccccc34)s2)C1c1ccc(OCc2ccccc2)cc1. The fourth-order valence-corrected chi connectivity index (χ4v) is 8.15. The number of amides is 1. The molecule has 9 nitrogen and oxygen atoms in total. The Morgan fingerprint density at radius 2 is 1.64 bits per heavy atom. The van der Waals surface area contributed by atoms with Crippen molar-refractivity contribution in [2.45, 2.75) is 29.7 Å². The van der Waals surface area contributed by atoms with Crippen LogP contribution in [0.2, 0.25) is 0 Å². The zero-order valence-electron chi connectivity index (χ0n) is 26.8. The van der Waals surface area contributed by atoms with Crippen LogP contribution in [0, 0.1) is 6.92 Å². The molecule has 0 bridgehead atoms. The average Bonchev–Trinajstić information content (AvgIpc) is 3.83. The zero-order chi connectivity index (χ0) is 34.2. The van der Waals surface area contributed by atoms with Gasteiger partial charge in [-0.25, -0.2) is 4.98 Å². The van der Waals surface area contributed by atoms with Crippen LogP contribution in [0.25, 0.3) is 22.2 Å². The maximum absolute atomic E-state index is 13.9. The number of hydrogen-bond donors (Lipinski definition) is 1. The van der Waals surface area contributed by atoms with E-state index in [-0.39, 0.29) is 16.5 Å². The van der Waals surface area contributed by atoms with E-state index >= 15 is 0 Å². The lowest BCUT2D eigenvalue weighted by Crippen LogP contribution is -2.29. The highest BCUT2D eigenvalue weighted by Gasteiger charge is 2.49. The fourth-order valence-electron chi connectivity index (χ4n) is 6.27. The van der Waals surface area contributed by atoms with Crippen molar-refractivity contribution in [1.82, 2.24) is 19.6 Å². The molecule has 7 aromatic rings. The number of Topliss-reactive ketones (excluding diaryl/α,β-unsaturated/α-hetero) is 1. The Morgan fingerprint density at radius 1 is 0.880 bits per heavy atom. The number of imidazole rings is 1. The summed E-state index contributed by atoms with van der Waals surface area (Å²) in [6, 6.07) is 35.9. The van der Waals surface area contributed by atoms with Crippen LogP contribution in [0.1, 0.15) is 34.1 Å². The molecule has 4 heterocycles. The topological polar surface area (TPSA) is 110 Å². The Balaban J connectivity index is 1.16. The van der Waals surface area contributed by atoms with Crippen LogP contribution in [0.3, 0.4) is 0 Å². The summed E-state index contributed by atoms with van der Waals surface area (Å²) in [4.78, 5) is 33.7. The highest BCUT2D eigenvalue weighted by Crippen LogP contribution is 2.45. The van der Waals surface area contributed by atoms with Crippen molar-refractivity contribution in [2.75, 3.05) is 4.90 Å². The number of rotatable bonds is 9. The molecule has 4 aromatic carbocycles. The third-order valence-corrected chi connectivity index (χ3v) is 10.8. The number of aliphatic hydroxyl groups excluding tert-OH is 1. The molecule has 0 saturated carbocycles. The number of fused-ring (bicyclic) bond motifs is 2. The van der Waals surface area contributed by atoms with E-state index in [1.807, 2.05) is 66.7 Å². The summed E-state index contributed by atoms with van der Waals surface area (Å²) in [7, 11) is 0.